The van der Waals surface area contributed by atoms with Crippen molar-refractivity contribution in [1.29, 1.82) is 0 Å². The standard InChI is InChI=1S/C19H23FN4O6S/c20-14-1-3-15(4-2-14)31(29,30)21-8-7-16(25)22-9-11-23(12-10-22)19(28)13-24-17(26)5-6-18(24)27/h1-4,21H,5-13H2. The number of piperazine rings is 1. The van der Waals surface area contributed by atoms with E-state index >= 15 is 0 Å². The van der Waals surface area contributed by atoms with Crippen molar-refractivity contribution in [2.24, 2.45) is 0 Å². The predicted molar refractivity (Wildman–Crippen MR) is 105 cm³/mol. The van der Waals surface area contributed by atoms with Crippen LogP contribution in [-0.2, 0) is 29.2 Å². The number of nitrogens with one attached hydrogen (secondary N) is 1. The lowest BCUT2D eigenvalue weighted by Gasteiger charge is -2.35. The molecule has 2 aliphatic heterocycles. The molecular formula is C19H23FN4O6S. The van der Waals surface area contributed by atoms with Crippen molar-refractivity contribution in [3.05, 3.63) is 30.1 Å². The lowest BCUT2D eigenvalue weighted by Crippen LogP contribution is -2.53. The number of rotatable bonds is 7. The largest absolute Gasteiger partial charge is 0.339 e. The summed E-state index contributed by atoms with van der Waals surface area (Å²) < 4.78 is 39.5. The first-order valence-electron chi connectivity index (χ1n) is 9.81. The van der Waals surface area contributed by atoms with E-state index in [9.17, 15) is 32.0 Å². The summed E-state index contributed by atoms with van der Waals surface area (Å²) in [4.78, 5) is 51.9. The number of imide groups is 1. The minimum absolute atomic E-state index is 0.0643. The molecule has 3 rings (SSSR count). The lowest BCUT2D eigenvalue weighted by molar-refractivity contribution is -0.147. The van der Waals surface area contributed by atoms with Gasteiger partial charge in [-0.1, -0.05) is 0 Å². The van der Waals surface area contributed by atoms with Gasteiger partial charge in [0.2, 0.25) is 33.7 Å². The van der Waals surface area contributed by atoms with E-state index in [1.165, 1.54) is 9.80 Å². The molecular weight excluding hydrogens is 431 g/mol. The van der Waals surface area contributed by atoms with E-state index < -0.39 is 15.8 Å². The van der Waals surface area contributed by atoms with Crippen molar-refractivity contribution in [2.45, 2.75) is 24.2 Å². The van der Waals surface area contributed by atoms with Crippen molar-refractivity contribution in [2.75, 3.05) is 39.3 Å². The van der Waals surface area contributed by atoms with Gasteiger partial charge in [-0.05, 0) is 24.3 Å². The SMILES string of the molecule is O=C(CCNS(=O)(=O)c1ccc(F)cc1)N1CCN(C(=O)CN2C(=O)CCC2=O)CC1. The Balaban J connectivity index is 1.42. The van der Waals surface area contributed by atoms with Crippen molar-refractivity contribution in [3.63, 3.8) is 0 Å². The topological polar surface area (TPSA) is 124 Å². The highest BCUT2D eigenvalue weighted by Gasteiger charge is 2.33. The van der Waals surface area contributed by atoms with Crippen LogP contribution < -0.4 is 4.72 Å². The van der Waals surface area contributed by atoms with Gasteiger partial charge in [0.15, 0.2) is 0 Å². The molecule has 2 saturated heterocycles. The summed E-state index contributed by atoms with van der Waals surface area (Å²) in [6.07, 6.45) is 0.184. The van der Waals surface area contributed by atoms with Gasteiger partial charge < -0.3 is 9.80 Å². The Bertz CT molecular complexity index is 958. The zero-order valence-corrected chi connectivity index (χ0v) is 17.6. The fourth-order valence-corrected chi connectivity index (χ4v) is 4.42. The Kier molecular flexibility index (Phi) is 7.01. The highest BCUT2D eigenvalue weighted by Crippen LogP contribution is 2.13. The van der Waals surface area contributed by atoms with E-state index in [-0.39, 0.29) is 87.1 Å². The summed E-state index contributed by atoms with van der Waals surface area (Å²) in [5.74, 6) is -1.86. The first kappa shape index (κ1) is 22.8. The molecule has 31 heavy (non-hydrogen) atoms. The molecule has 0 aliphatic carbocycles. The first-order valence-corrected chi connectivity index (χ1v) is 11.3. The zero-order chi connectivity index (χ0) is 22.6. The van der Waals surface area contributed by atoms with Crippen LogP contribution in [-0.4, -0.2) is 86.0 Å². The number of hydrogen-bond acceptors (Lipinski definition) is 6. The number of amides is 4. The Morgan fingerprint density at radius 3 is 1.97 bits per heavy atom. The molecule has 10 nitrogen and oxygen atoms in total. The molecule has 0 bridgehead atoms. The van der Waals surface area contributed by atoms with Crippen molar-refractivity contribution < 1.29 is 32.0 Å². The maximum absolute atomic E-state index is 12.9. The van der Waals surface area contributed by atoms with Crippen LogP contribution in [0.15, 0.2) is 29.2 Å². The molecule has 12 heteroatoms. The third kappa shape index (κ3) is 5.64. The monoisotopic (exact) mass is 454 g/mol. The van der Waals surface area contributed by atoms with Crippen LogP contribution in [0.2, 0.25) is 0 Å². The van der Waals surface area contributed by atoms with Crippen LogP contribution in [0.3, 0.4) is 0 Å². The minimum Gasteiger partial charge on any atom is -0.339 e. The Labute approximate surface area is 179 Å². The van der Waals surface area contributed by atoms with Gasteiger partial charge >= 0.3 is 0 Å². The predicted octanol–water partition coefficient (Wildman–Crippen LogP) is -0.686. The van der Waals surface area contributed by atoms with E-state index in [0.29, 0.717) is 0 Å². The molecule has 0 saturated carbocycles. The van der Waals surface area contributed by atoms with Gasteiger partial charge in [-0.2, -0.15) is 0 Å². The molecule has 2 fully saturated rings. The Hall–Kier alpha value is -2.86. The van der Waals surface area contributed by atoms with Gasteiger partial charge in [0.05, 0.1) is 4.90 Å². The molecule has 4 amide bonds. The molecule has 0 unspecified atom stereocenters. The van der Waals surface area contributed by atoms with Crippen LogP contribution in [0, 0.1) is 5.82 Å². The maximum Gasteiger partial charge on any atom is 0.242 e. The van der Waals surface area contributed by atoms with Gasteiger partial charge in [-0.3, -0.25) is 24.1 Å². The molecule has 168 valence electrons. The molecule has 2 aliphatic rings. The fourth-order valence-electron chi connectivity index (χ4n) is 3.39. The number of benzene rings is 1. The van der Waals surface area contributed by atoms with Gasteiger partial charge in [0.1, 0.15) is 12.4 Å². The van der Waals surface area contributed by atoms with Crippen LogP contribution in [0.4, 0.5) is 4.39 Å². The Morgan fingerprint density at radius 1 is 0.903 bits per heavy atom. The minimum atomic E-state index is -3.84. The Morgan fingerprint density at radius 2 is 1.42 bits per heavy atom. The normalized spacial score (nSPS) is 17.4. The summed E-state index contributed by atoms with van der Waals surface area (Å²) >= 11 is 0. The van der Waals surface area contributed by atoms with Crippen LogP contribution in [0.5, 0.6) is 0 Å². The van der Waals surface area contributed by atoms with E-state index in [0.717, 1.165) is 29.2 Å². The van der Waals surface area contributed by atoms with Gasteiger partial charge in [-0.25, -0.2) is 17.5 Å². The van der Waals surface area contributed by atoms with Crippen molar-refractivity contribution in [1.82, 2.24) is 19.4 Å². The average Bonchev–Trinajstić information content (AvgIpc) is 3.06. The molecule has 1 aromatic rings. The van der Waals surface area contributed by atoms with Gasteiger partial charge in [0.25, 0.3) is 0 Å². The van der Waals surface area contributed by atoms with E-state index in [4.69, 9.17) is 0 Å². The first-order chi connectivity index (χ1) is 14.7. The van der Waals surface area contributed by atoms with Crippen molar-refractivity contribution in [3.8, 4) is 0 Å². The summed E-state index contributed by atoms with van der Waals surface area (Å²) in [5.41, 5.74) is 0. The van der Waals surface area contributed by atoms with E-state index in [1.54, 1.807) is 0 Å². The number of carbonyl (C=O) groups excluding carboxylic acids is 4. The molecule has 0 spiro atoms. The number of carbonyl (C=O) groups is 4. The molecule has 0 atom stereocenters. The van der Waals surface area contributed by atoms with Crippen LogP contribution >= 0.6 is 0 Å². The lowest BCUT2D eigenvalue weighted by atomic mass is 10.2. The van der Waals surface area contributed by atoms with Crippen LogP contribution in [0.1, 0.15) is 19.3 Å². The highest BCUT2D eigenvalue weighted by atomic mass is 32.2. The number of likely N-dealkylation sites (tertiary alicyclic amines) is 1. The zero-order valence-electron chi connectivity index (χ0n) is 16.8. The smallest absolute Gasteiger partial charge is 0.242 e. The molecule has 0 radical (unpaired) electrons. The summed E-state index contributed by atoms with van der Waals surface area (Å²) in [5, 5.41) is 0. The molecule has 0 aromatic heterocycles. The number of sulfonamides is 1. The molecule has 2 heterocycles. The number of halogens is 1. The summed E-state index contributed by atoms with van der Waals surface area (Å²) in [6.45, 7) is 0.687. The van der Waals surface area contributed by atoms with E-state index in [2.05, 4.69) is 4.72 Å². The number of hydrogen-bond donors (Lipinski definition) is 1. The second-order valence-electron chi connectivity index (χ2n) is 7.24. The maximum atomic E-state index is 12.9. The average molecular weight is 454 g/mol. The molecule has 1 aromatic carbocycles. The second kappa shape index (κ2) is 9.52. The fraction of sp³-hybridized carbons (Fsp3) is 0.474. The van der Waals surface area contributed by atoms with Crippen molar-refractivity contribution >= 4 is 33.7 Å². The summed E-state index contributed by atoms with van der Waals surface area (Å²) in [6, 6.07) is 4.35. The third-order valence-electron chi connectivity index (χ3n) is 5.19. The quantitative estimate of drug-likeness (QED) is 0.544. The van der Waals surface area contributed by atoms with Gasteiger partial charge in [0, 0.05) is 52.0 Å². The van der Waals surface area contributed by atoms with Crippen LogP contribution in [0.25, 0.3) is 0 Å². The number of nitrogens with zero attached hydrogens (tertiary/aromatic N) is 3. The molecule has 1 N–H and O–H groups in total. The second-order valence-corrected chi connectivity index (χ2v) is 9.00. The third-order valence-corrected chi connectivity index (χ3v) is 6.67. The highest BCUT2D eigenvalue weighted by molar-refractivity contribution is 7.89. The van der Waals surface area contributed by atoms with Gasteiger partial charge in [-0.15, -0.1) is 0 Å². The van der Waals surface area contributed by atoms with E-state index in [1.807, 2.05) is 0 Å². The summed E-state index contributed by atoms with van der Waals surface area (Å²) in [7, 11) is -3.84.